The van der Waals surface area contributed by atoms with E-state index in [0.717, 1.165) is 6.42 Å². The van der Waals surface area contributed by atoms with E-state index in [1.807, 2.05) is 20.8 Å². The predicted molar refractivity (Wildman–Crippen MR) is 60.7 cm³/mol. The zero-order valence-electron chi connectivity index (χ0n) is 10.5. The van der Waals surface area contributed by atoms with Crippen LogP contribution in [0.4, 0.5) is 4.79 Å². The third-order valence-electron chi connectivity index (χ3n) is 2.49. The summed E-state index contributed by atoms with van der Waals surface area (Å²) >= 11 is 0. The molecule has 0 N–H and O–H groups in total. The Bertz CT molecular complexity index is 301. The van der Waals surface area contributed by atoms with Gasteiger partial charge in [-0.05, 0) is 33.1 Å². The second-order valence-electron chi connectivity index (χ2n) is 5.55. The molecule has 1 heterocycles. The fourth-order valence-corrected chi connectivity index (χ4v) is 1.92. The first-order valence-corrected chi connectivity index (χ1v) is 5.69. The molecule has 0 aliphatic carbocycles. The summed E-state index contributed by atoms with van der Waals surface area (Å²) in [6.45, 7) is 8.78. The van der Waals surface area contributed by atoms with Crippen molar-refractivity contribution in [3.63, 3.8) is 0 Å². The first-order chi connectivity index (χ1) is 7.31. The molecule has 2 atom stereocenters. The summed E-state index contributed by atoms with van der Waals surface area (Å²) in [4.78, 5) is 13.5. The minimum Gasteiger partial charge on any atom is -0.444 e. The molecule has 4 nitrogen and oxygen atoms in total. The van der Waals surface area contributed by atoms with Crippen molar-refractivity contribution >= 4 is 6.09 Å². The van der Waals surface area contributed by atoms with Gasteiger partial charge in [0.05, 0.1) is 12.0 Å². The number of nitrogens with zero attached hydrogens (tertiary/aromatic N) is 2. The van der Waals surface area contributed by atoms with Crippen LogP contribution in [0.25, 0.3) is 0 Å². The summed E-state index contributed by atoms with van der Waals surface area (Å²) in [5.41, 5.74) is -0.472. The van der Waals surface area contributed by atoms with Gasteiger partial charge < -0.3 is 9.64 Å². The first-order valence-electron chi connectivity index (χ1n) is 5.69. The average Bonchev–Trinajstić information content (AvgIpc) is 2.14. The van der Waals surface area contributed by atoms with Crippen LogP contribution in [-0.4, -0.2) is 29.7 Å². The topological polar surface area (TPSA) is 53.3 Å². The Balaban J connectivity index is 2.59. The molecule has 0 saturated carbocycles. The molecule has 0 bridgehead atoms. The van der Waals surface area contributed by atoms with Gasteiger partial charge in [0.15, 0.2) is 0 Å². The highest BCUT2D eigenvalue weighted by atomic mass is 16.6. The van der Waals surface area contributed by atoms with Crippen LogP contribution in [0.3, 0.4) is 0 Å². The molecular formula is C12H20N2O2. The lowest BCUT2D eigenvalue weighted by Gasteiger charge is -2.34. The highest BCUT2D eigenvalue weighted by molar-refractivity contribution is 5.68. The number of ether oxygens (including phenoxy) is 1. The predicted octanol–water partition coefficient (Wildman–Crippen LogP) is 2.40. The van der Waals surface area contributed by atoms with Crippen LogP contribution in [0.15, 0.2) is 0 Å². The maximum Gasteiger partial charge on any atom is 0.410 e. The van der Waals surface area contributed by atoms with Gasteiger partial charge in [-0.15, -0.1) is 0 Å². The summed E-state index contributed by atoms with van der Waals surface area (Å²) in [6.07, 6.45) is 0.565. The number of rotatable bonds is 0. The van der Waals surface area contributed by atoms with E-state index in [1.165, 1.54) is 0 Å². The van der Waals surface area contributed by atoms with Gasteiger partial charge in [-0.1, -0.05) is 6.92 Å². The van der Waals surface area contributed by atoms with Crippen molar-refractivity contribution in [2.75, 3.05) is 13.1 Å². The largest absolute Gasteiger partial charge is 0.444 e. The Morgan fingerprint density at radius 3 is 2.56 bits per heavy atom. The normalized spacial score (nSPS) is 26.1. The molecule has 1 fully saturated rings. The molecule has 1 rings (SSSR count). The van der Waals surface area contributed by atoms with E-state index >= 15 is 0 Å². The fraction of sp³-hybridized carbons (Fsp3) is 0.833. The van der Waals surface area contributed by atoms with E-state index in [9.17, 15) is 4.79 Å². The standard InChI is InChI=1S/C12H20N2O2/c1-9-5-10(6-13)8-14(7-9)11(15)16-12(2,3)4/h9-10H,5,7-8H2,1-4H3/t9-,10+/m1/s1. The minimum atomic E-state index is -0.472. The lowest BCUT2D eigenvalue weighted by atomic mass is 9.92. The van der Waals surface area contributed by atoms with Crippen molar-refractivity contribution in [1.82, 2.24) is 4.90 Å². The number of carbonyl (C=O) groups excluding carboxylic acids is 1. The van der Waals surface area contributed by atoms with E-state index < -0.39 is 5.60 Å². The summed E-state index contributed by atoms with van der Waals surface area (Å²) < 4.78 is 5.30. The summed E-state index contributed by atoms with van der Waals surface area (Å²) in [7, 11) is 0. The third-order valence-corrected chi connectivity index (χ3v) is 2.49. The molecule has 1 saturated heterocycles. The van der Waals surface area contributed by atoms with Crippen molar-refractivity contribution in [3.8, 4) is 6.07 Å². The van der Waals surface area contributed by atoms with Crippen LogP contribution in [0.2, 0.25) is 0 Å². The number of amides is 1. The highest BCUT2D eigenvalue weighted by Crippen LogP contribution is 2.22. The highest BCUT2D eigenvalue weighted by Gasteiger charge is 2.30. The van der Waals surface area contributed by atoms with Gasteiger partial charge in [-0.25, -0.2) is 4.79 Å². The number of likely N-dealkylation sites (tertiary alicyclic amines) is 1. The summed E-state index contributed by atoms with van der Waals surface area (Å²) in [5, 5.41) is 8.91. The van der Waals surface area contributed by atoms with Gasteiger partial charge in [0, 0.05) is 13.1 Å². The van der Waals surface area contributed by atoms with Gasteiger partial charge in [-0.3, -0.25) is 0 Å². The molecule has 16 heavy (non-hydrogen) atoms. The van der Waals surface area contributed by atoms with Crippen molar-refractivity contribution in [3.05, 3.63) is 0 Å². The molecule has 0 aromatic rings. The summed E-state index contributed by atoms with van der Waals surface area (Å²) in [5.74, 6) is 0.308. The smallest absolute Gasteiger partial charge is 0.410 e. The minimum absolute atomic E-state index is 0.0590. The van der Waals surface area contributed by atoms with Crippen molar-refractivity contribution in [1.29, 1.82) is 5.26 Å². The van der Waals surface area contributed by atoms with Crippen LogP contribution in [0.1, 0.15) is 34.1 Å². The molecular weight excluding hydrogens is 204 g/mol. The lowest BCUT2D eigenvalue weighted by molar-refractivity contribution is 0.0140. The number of hydrogen-bond acceptors (Lipinski definition) is 3. The van der Waals surface area contributed by atoms with Gasteiger partial charge in [0.25, 0.3) is 0 Å². The Labute approximate surface area is 97.2 Å². The molecule has 1 amide bonds. The van der Waals surface area contributed by atoms with Gasteiger partial charge in [0.2, 0.25) is 0 Å². The zero-order valence-corrected chi connectivity index (χ0v) is 10.5. The fourth-order valence-electron chi connectivity index (χ4n) is 1.92. The zero-order chi connectivity index (χ0) is 12.3. The maximum absolute atomic E-state index is 11.8. The van der Waals surface area contributed by atoms with Gasteiger partial charge >= 0.3 is 6.09 Å². The van der Waals surface area contributed by atoms with Crippen LogP contribution in [-0.2, 0) is 4.74 Å². The molecule has 0 spiro atoms. The number of hydrogen-bond donors (Lipinski definition) is 0. The molecule has 0 radical (unpaired) electrons. The van der Waals surface area contributed by atoms with E-state index in [2.05, 4.69) is 13.0 Å². The van der Waals surface area contributed by atoms with E-state index in [-0.39, 0.29) is 12.0 Å². The second kappa shape index (κ2) is 4.73. The molecule has 1 aliphatic heterocycles. The average molecular weight is 224 g/mol. The van der Waals surface area contributed by atoms with Crippen LogP contribution >= 0.6 is 0 Å². The monoisotopic (exact) mass is 224 g/mol. The molecule has 0 unspecified atom stereocenters. The van der Waals surface area contributed by atoms with E-state index in [4.69, 9.17) is 10.00 Å². The number of piperidine rings is 1. The molecule has 1 aliphatic rings. The molecule has 0 aromatic carbocycles. The van der Waals surface area contributed by atoms with Crippen molar-refractivity contribution in [2.24, 2.45) is 11.8 Å². The maximum atomic E-state index is 11.8. The first kappa shape index (κ1) is 12.8. The third kappa shape index (κ3) is 3.73. The van der Waals surface area contributed by atoms with Crippen molar-refractivity contribution in [2.45, 2.75) is 39.7 Å². The SMILES string of the molecule is C[C@@H]1C[C@@H](C#N)CN(C(=O)OC(C)(C)C)C1. The van der Waals surface area contributed by atoms with Crippen LogP contribution < -0.4 is 0 Å². The Morgan fingerprint density at radius 2 is 2.06 bits per heavy atom. The molecule has 4 heteroatoms. The lowest BCUT2D eigenvalue weighted by Crippen LogP contribution is -2.45. The Morgan fingerprint density at radius 1 is 1.44 bits per heavy atom. The van der Waals surface area contributed by atoms with Gasteiger partial charge in [-0.2, -0.15) is 5.26 Å². The Kier molecular flexibility index (Phi) is 3.79. The van der Waals surface area contributed by atoms with Gasteiger partial charge in [0.1, 0.15) is 5.60 Å². The van der Waals surface area contributed by atoms with Crippen LogP contribution in [0.5, 0.6) is 0 Å². The number of carbonyl (C=O) groups is 1. The van der Waals surface area contributed by atoms with Crippen molar-refractivity contribution < 1.29 is 9.53 Å². The molecule has 90 valence electrons. The quantitative estimate of drug-likeness (QED) is 0.635. The van der Waals surface area contributed by atoms with E-state index in [1.54, 1.807) is 4.90 Å². The molecule has 0 aromatic heterocycles. The number of nitriles is 1. The second-order valence-corrected chi connectivity index (χ2v) is 5.55. The van der Waals surface area contributed by atoms with Crippen LogP contribution in [0, 0.1) is 23.2 Å². The Hall–Kier alpha value is -1.24. The summed E-state index contributed by atoms with van der Waals surface area (Å²) in [6, 6.07) is 2.23. The van der Waals surface area contributed by atoms with E-state index in [0.29, 0.717) is 19.0 Å².